The summed E-state index contributed by atoms with van der Waals surface area (Å²) in [6.07, 6.45) is 0.962. The van der Waals surface area contributed by atoms with E-state index in [9.17, 15) is 19.7 Å². The van der Waals surface area contributed by atoms with Gasteiger partial charge in [-0.3, -0.25) is 14.9 Å². The first-order chi connectivity index (χ1) is 15.6. The molecule has 9 heteroatoms. The maximum absolute atomic E-state index is 13.0. The van der Waals surface area contributed by atoms with Crippen LogP contribution in [0.1, 0.15) is 49.5 Å². The average Bonchev–Trinajstić information content (AvgIpc) is 3.10. The Hall–Kier alpha value is -3.62. The molecule has 1 saturated heterocycles. The van der Waals surface area contributed by atoms with Crippen molar-refractivity contribution in [1.29, 1.82) is 0 Å². The Morgan fingerprint density at radius 1 is 1.12 bits per heavy atom. The van der Waals surface area contributed by atoms with Crippen LogP contribution in [-0.4, -0.2) is 46.6 Å². The monoisotopic (exact) mass is 453 g/mol. The van der Waals surface area contributed by atoms with Gasteiger partial charge in [0.15, 0.2) is 0 Å². The standard InChI is InChI=1S/C24H27N3O6/c1-24(2,3)33-23(29)25-12-10-18(11-13-25)32-19-8-5-7-17(14-19)26-15-16-6-4-9-20(27(30)31)21(16)22(26)28/h4-9,14,18H,10-13,15H2,1-3H3. The van der Waals surface area contributed by atoms with Gasteiger partial charge in [0, 0.05) is 43.8 Å². The second-order valence-electron chi connectivity index (χ2n) is 9.24. The van der Waals surface area contributed by atoms with Gasteiger partial charge in [-0.05, 0) is 38.5 Å². The second-order valence-corrected chi connectivity index (χ2v) is 9.24. The number of benzene rings is 2. The normalized spacial score (nSPS) is 16.5. The van der Waals surface area contributed by atoms with Crippen molar-refractivity contribution in [3.8, 4) is 5.75 Å². The molecule has 2 aliphatic heterocycles. The number of ether oxygens (including phenoxy) is 2. The van der Waals surface area contributed by atoms with Crippen molar-refractivity contribution < 1.29 is 24.0 Å². The number of likely N-dealkylation sites (tertiary alicyclic amines) is 1. The van der Waals surface area contributed by atoms with E-state index in [2.05, 4.69) is 0 Å². The SMILES string of the molecule is CC(C)(C)OC(=O)N1CCC(Oc2cccc(N3Cc4cccc([N+](=O)[O-])c4C3=O)c2)CC1. The first-order valence-corrected chi connectivity index (χ1v) is 11.0. The Morgan fingerprint density at radius 3 is 2.48 bits per heavy atom. The first kappa shape index (κ1) is 22.6. The number of nitro benzene ring substituents is 1. The van der Waals surface area contributed by atoms with E-state index in [1.807, 2.05) is 26.8 Å². The minimum Gasteiger partial charge on any atom is -0.490 e. The first-order valence-electron chi connectivity index (χ1n) is 11.0. The molecule has 0 atom stereocenters. The second kappa shape index (κ2) is 8.73. The highest BCUT2D eigenvalue weighted by atomic mass is 16.6. The van der Waals surface area contributed by atoms with Crippen LogP contribution >= 0.6 is 0 Å². The molecule has 2 amide bonds. The summed E-state index contributed by atoms with van der Waals surface area (Å²) in [6, 6.07) is 11.9. The maximum atomic E-state index is 13.0. The molecule has 0 saturated carbocycles. The van der Waals surface area contributed by atoms with Gasteiger partial charge in [-0.15, -0.1) is 0 Å². The highest BCUT2D eigenvalue weighted by Gasteiger charge is 2.35. The van der Waals surface area contributed by atoms with E-state index < -0.39 is 10.5 Å². The van der Waals surface area contributed by atoms with Gasteiger partial charge < -0.3 is 19.3 Å². The zero-order valence-corrected chi connectivity index (χ0v) is 18.9. The number of hydrogen-bond donors (Lipinski definition) is 0. The van der Waals surface area contributed by atoms with Crippen LogP contribution < -0.4 is 9.64 Å². The van der Waals surface area contributed by atoms with Crippen LogP contribution in [0.2, 0.25) is 0 Å². The number of nitro groups is 1. The maximum Gasteiger partial charge on any atom is 0.410 e. The lowest BCUT2D eigenvalue weighted by molar-refractivity contribution is -0.385. The van der Waals surface area contributed by atoms with E-state index >= 15 is 0 Å². The van der Waals surface area contributed by atoms with Crippen LogP contribution in [0.3, 0.4) is 0 Å². The van der Waals surface area contributed by atoms with Gasteiger partial charge in [-0.25, -0.2) is 4.79 Å². The van der Waals surface area contributed by atoms with Gasteiger partial charge in [0.2, 0.25) is 0 Å². The molecule has 0 aliphatic carbocycles. The van der Waals surface area contributed by atoms with E-state index in [-0.39, 0.29) is 35.9 Å². The predicted molar refractivity (Wildman–Crippen MR) is 122 cm³/mol. The Kier molecular flexibility index (Phi) is 5.97. The number of carbonyl (C=O) groups is 2. The predicted octanol–water partition coefficient (Wildman–Crippen LogP) is 4.53. The highest BCUT2D eigenvalue weighted by molar-refractivity contribution is 6.12. The Balaban J connectivity index is 1.41. The number of carbonyl (C=O) groups excluding carboxylic acids is 2. The molecule has 0 radical (unpaired) electrons. The quantitative estimate of drug-likeness (QED) is 0.498. The van der Waals surface area contributed by atoms with E-state index in [4.69, 9.17) is 9.47 Å². The zero-order chi connectivity index (χ0) is 23.8. The molecule has 2 aliphatic rings. The number of piperidine rings is 1. The number of anilines is 1. The van der Waals surface area contributed by atoms with Crippen molar-refractivity contribution in [2.24, 2.45) is 0 Å². The van der Waals surface area contributed by atoms with E-state index in [1.165, 1.54) is 11.0 Å². The van der Waals surface area contributed by atoms with Crippen LogP contribution in [0.5, 0.6) is 5.75 Å². The summed E-state index contributed by atoms with van der Waals surface area (Å²) in [5.41, 5.74) is 0.689. The molecule has 0 aromatic heterocycles. The Bertz CT molecular complexity index is 1090. The topological polar surface area (TPSA) is 102 Å². The Labute approximate surface area is 192 Å². The molecule has 2 aromatic carbocycles. The summed E-state index contributed by atoms with van der Waals surface area (Å²) in [6.45, 7) is 6.89. The summed E-state index contributed by atoms with van der Waals surface area (Å²) in [4.78, 5) is 39.2. The summed E-state index contributed by atoms with van der Waals surface area (Å²) >= 11 is 0. The molecule has 2 aromatic rings. The van der Waals surface area contributed by atoms with E-state index in [0.29, 0.717) is 42.9 Å². The summed E-state index contributed by atoms with van der Waals surface area (Å²) in [5, 5.41) is 11.3. The lowest BCUT2D eigenvalue weighted by atomic mass is 10.1. The highest BCUT2D eigenvalue weighted by Crippen LogP contribution is 2.35. The molecule has 1 fully saturated rings. The third-order valence-electron chi connectivity index (χ3n) is 5.64. The summed E-state index contributed by atoms with van der Waals surface area (Å²) in [5.74, 6) is 0.224. The summed E-state index contributed by atoms with van der Waals surface area (Å²) in [7, 11) is 0. The van der Waals surface area contributed by atoms with Gasteiger partial charge in [-0.1, -0.05) is 18.2 Å². The smallest absolute Gasteiger partial charge is 0.410 e. The summed E-state index contributed by atoms with van der Waals surface area (Å²) < 4.78 is 11.6. The van der Waals surface area contributed by atoms with Crippen LogP contribution in [-0.2, 0) is 11.3 Å². The van der Waals surface area contributed by atoms with Crippen molar-refractivity contribution in [3.63, 3.8) is 0 Å². The minimum atomic E-state index is -0.530. The van der Waals surface area contributed by atoms with Crippen molar-refractivity contribution in [2.45, 2.75) is 51.9 Å². The number of fused-ring (bicyclic) bond motifs is 1. The van der Waals surface area contributed by atoms with Crippen molar-refractivity contribution in [2.75, 3.05) is 18.0 Å². The van der Waals surface area contributed by atoms with Gasteiger partial charge in [0.25, 0.3) is 11.6 Å². The van der Waals surface area contributed by atoms with Crippen LogP contribution in [0.4, 0.5) is 16.2 Å². The third-order valence-corrected chi connectivity index (χ3v) is 5.64. The number of nitrogens with zero attached hydrogens (tertiary/aromatic N) is 3. The van der Waals surface area contributed by atoms with Crippen LogP contribution in [0, 0.1) is 10.1 Å². The molecule has 0 bridgehead atoms. The minimum absolute atomic E-state index is 0.0634. The van der Waals surface area contributed by atoms with E-state index in [0.717, 1.165) is 0 Å². The number of rotatable bonds is 4. The number of amides is 2. The lowest BCUT2D eigenvalue weighted by Gasteiger charge is -2.33. The van der Waals surface area contributed by atoms with Crippen LogP contribution in [0.15, 0.2) is 42.5 Å². The molecular formula is C24H27N3O6. The van der Waals surface area contributed by atoms with Gasteiger partial charge >= 0.3 is 6.09 Å². The fraction of sp³-hybridized carbons (Fsp3) is 0.417. The molecule has 4 rings (SSSR count). The average molecular weight is 453 g/mol. The molecule has 0 N–H and O–H groups in total. The molecule has 9 nitrogen and oxygen atoms in total. The lowest BCUT2D eigenvalue weighted by Crippen LogP contribution is -2.44. The molecular weight excluding hydrogens is 426 g/mol. The number of hydrogen-bond acceptors (Lipinski definition) is 6. The molecule has 174 valence electrons. The third kappa shape index (κ3) is 4.92. The van der Waals surface area contributed by atoms with Gasteiger partial charge in [0.1, 0.15) is 23.0 Å². The van der Waals surface area contributed by atoms with Crippen molar-refractivity contribution in [1.82, 2.24) is 4.90 Å². The fourth-order valence-electron chi connectivity index (χ4n) is 4.10. The van der Waals surface area contributed by atoms with Crippen LogP contribution in [0.25, 0.3) is 0 Å². The Morgan fingerprint density at radius 2 is 1.82 bits per heavy atom. The fourth-order valence-corrected chi connectivity index (χ4v) is 4.10. The van der Waals surface area contributed by atoms with E-state index in [1.54, 1.807) is 35.2 Å². The molecule has 0 spiro atoms. The molecule has 0 unspecified atom stereocenters. The van der Waals surface area contributed by atoms with Crippen molar-refractivity contribution in [3.05, 3.63) is 63.7 Å². The van der Waals surface area contributed by atoms with Gasteiger partial charge in [0.05, 0.1) is 11.5 Å². The molecule has 2 heterocycles. The zero-order valence-electron chi connectivity index (χ0n) is 18.9. The van der Waals surface area contributed by atoms with Gasteiger partial charge in [-0.2, -0.15) is 0 Å². The van der Waals surface area contributed by atoms with Crippen molar-refractivity contribution >= 4 is 23.4 Å². The largest absolute Gasteiger partial charge is 0.490 e. The molecule has 33 heavy (non-hydrogen) atoms.